The SMILES string of the molecule is Cc1ccc(NC(=O)COc2cccc(C=Nc3ccc(F)cc3F)c2)cc1C. The molecule has 0 spiro atoms. The quantitative estimate of drug-likeness (QED) is 0.573. The summed E-state index contributed by atoms with van der Waals surface area (Å²) >= 11 is 0. The van der Waals surface area contributed by atoms with Gasteiger partial charge >= 0.3 is 0 Å². The van der Waals surface area contributed by atoms with Crippen molar-refractivity contribution in [3.63, 3.8) is 0 Å². The molecule has 0 atom stereocenters. The molecule has 0 aromatic heterocycles. The zero-order chi connectivity index (χ0) is 20.8. The first-order chi connectivity index (χ1) is 13.9. The molecule has 29 heavy (non-hydrogen) atoms. The Kier molecular flexibility index (Phi) is 6.34. The van der Waals surface area contributed by atoms with E-state index in [-0.39, 0.29) is 18.2 Å². The average molecular weight is 394 g/mol. The van der Waals surface area contributed by atoms with E-state index < -0.39 is 11.6 Å². The molecule has 0 saturated heterocycles. The molecule has 0 fully saturated rings. The Morgan fingerprint density at radius 2 is 1.86 bits per heavy atom. The minimum Gasteiger partial charge on any atom is -0.484 e. The predicted octanol–water partition coefficient (Wildman–Crippen LogP) is 5.35. The van der Waals surface area contributed by atoms with E-state index in [2.05, 4.69) is 10.3 Å². The Morgan fingerprint density at radius 3 is 2.62 bits per heavy atom. The molecule has 0 heterocycles. The third-order valence-corrected chi connectivity index (χ3v) is 4.28. The molecule has 0 aliphatic carbocycles. The van der Waals surface area contributed by atoms with Crippen molar-refractivity contribution in [1.29, 1.82) is 0 Å². The second-order valence-corrected chi connectivity index (χ2v) is 6.56. The number of aryl methyl sites for hydroxylation is 2. The number of halogens is 2. The van der Waals surface area contributed by atoms with Gasteiger partial charge in [-0.1, -0.05) is 18.2 Å². The van der Waals surface area contributed by atoms with Gasteiger partial charge in [0.15, 0.2) is 12.4 Å². The zero-order valence-electron chi connectivity index (χ0n) is 16.1. The maximum Gasteiger partial charge on any atom is 0.262 e. The lowest BCUT2D eigenvalue weighted by Gasteiger charge is -2.09. The van der Waals surface area contributed by atoms with Gasteiger partial charge in [-0.25, -0.2) is 8.78 Å². The van der Waals surface area contributed by atoms with E-state index in [4.69, 9.17) is 4.74 Å². The van der Waals surface area contributed by atoms with E-state index >= 15 is 0 Å². The van der Waals surface area contributed by atoms with E-state index in [0.717, 1.165) is 23.3 Å². The van der Waals surface area contributed by atoms with Crippen LogP contribution in [0.2, 0.25) is 0 Å². The molecule has 1 N–H and O–H groups in total. The largest absolute Gasteiger partial charge is 0.484 e. The van der Waals surface area contributed by atoms with Crippen molar-refractivity contribution in [3.05, 3.63) is 89.0 Å². The molecular formula is C23H20F2N2O2. The van der Waals surface area contributed by atoms with Gasteiger partial charge in [0.1, 0.15) is 11.6 Å². The average Bonchev–Trinajstić information content (AvgIpc) is 2.69. The summed E-state index contributed by atoms with van der Waals surface area (Å²) in [5, 5.41) is 2.79. The van der Waals surface area contributed by atoms with Gasteiger partial charge in [-0.05, 0) is 66.9 Å². The molecule has 0 radical (unpaired) electrons. The van der Waals surface area contributed by atoms with Gasteiger partial charge < -0.3 is 10.1 Å². The van der Waals surface area contributed by atoms with Crippen molar-refractivity contribution < 1.29 is 18.3 Å². The highest BCUT2D eigenvalue weighted by Gasteiger charge is 2.06. The summed E-state index contributed by atoms with van der Waals surface area (Å²) in [4.78, 5) is 16.1. The third kappa shape index (κ3) is 5.72. The van der Waals surface area contributed by atoms with Crippen molar-refractivity contribution in [2.75, 3.05) is 11.9 Å². The van der Waals surface area contributed by atoms with Crippen molar-refractivity contribution in [2.24, 2.45) is 4.99 Å². The van der Waals surface area contributed by atoms with Crippen LogP contribution in [0.4, 0.5) is 20.2 Å². The molecule has 4 nitrogen and oxygen atoms in total. The van der Waals surface area contributed by atoms with E-state index in [0.29, 0.717) is 17.0 Å². The van der Waals surface area contributed by atoms with Crippen LogP contribution < -0.4 is 10.1 Å². The van der Waals surface area contributed by atoms with Crippen LogP contribution in [0.25, 0.3) is 0 Å². The number of hydrogen-bond acceptors (Lipinski definition) is 3. The van der Waals surface area contributed by atoms with Crippen LogP contribution in [0, 0.1) is 25.5 Å². The van der Waals surface area contributed by atoms with E-state index in [1.807, 2.05) is 32.0 Å². The standard InChI is InChI=1S/C23H20F2N2O2/c1-15-6-8-19(10-16(15)2)27-23(28)14-29-20-5-3-4-17(11-20)13-26-22-9-7-18(24)12-21(22)25/h3-13H,14H2,1-2H3,(H,27,28). The molecule has 3 aromatic carbocycles. The minimum absolute atomic E-state index is 0.0329. The minimum atomic E-state index is -0.739. The number of carbonyl (C=O) groups is 1. The summed E-state index contributed by atoms with van der Waals surface area (Å²) in [6.45, 7) is 3.83. The molecule has 6 heteroatoms. The molecule has 0 aliphatic rings. The number of ether oxygens (including phenoxy) is 1. The lowest BCUT2D eigenvalue weighted by atomic mass is 10.1. The predicted molar refractivity (Wildman–Crippen MR) is 110 cm³/mol. The first kappa shape index (κ1) is 20.2. The normalized spacial score (nSPS) is 10.9. The fourth-order valence-electron chi connectivity index (χ4n) is 2.58. The molecule has 1 amide bonds. The highest BCUT2D eigenvalue weighted by atomic mass is 19.1. The molecule has 148 valence electrons. The Bertz CT molecular complexity index is 1060. The first-order valence-electron chi connectivity index (χ1n) is 9.00. The van der Waals surface area contributed by atoms with Crippen LogP contribution in [-0.2, 0) is 4.79 Å². The fourth-order valence-corrected chi connectivity index (χ4v) is 2.58. The van der Waals surface area contributed by atoms with Gasteiger partial charge in [0.2, 0.25) is 0 Å². The summed E-state index contributed by atoms with van der Waals surface area (Å²) in [5.74, 6) is -1.20. The Balaban J connectivity index is 1.60. The second kappa shape index (κ2) is 9.10. The summed E-state index contributed by atoms with van der Waals surface area (Å²) < 4.78 is 32.1. The van der Waals surface area contributed by atoms with E-state index in [9.17, 15) is 13.6 Å². The van der Waals surface area contributed by atoms with Crippen LogP contribution in [0.3, 0.4) is 0 Å². The van der Waals surface area contributed by atoms with Crippen molar-refractivity contribution in [2.45, 2.75) is 13.8 Å². The zero-order valence-corrected chi connectivity index (χ0v) is 16.1. The maximum absolute atomic E-state index is 13.6. The molecule has 0 bridgehead atoms. The monoisotopic (exact) mass is 394 g/mol. The van der Waals surface area contributed by atoms with Crippen molar-refractivity contribution in [1.82, 2.24) is 0 Å². The molecule has 0 aliphatic heterocycles. The smallest absolute Gasteiger partial charge is 0.262 e. The van der Waals surface area contributed by atoms with Gasteiger partial charge in [-0.2, -0.15) is 0 Å². The van der Waals surface area contributed by atoms with Gasteiger partial charge in [0, 0.05) is 18.0 Å². The number of aliphatic imine (C=N–C) groups is 1. The van der Waals surface area contributed by atoms with Crippen molar-refractivity contribution in [3.8, 4) is 5.75 Å². The summed E-state index contributed by atoms with van der Waals surface area (Å²) in [7, 11) is 0. The van der Waals surface area contributed by atoms with Gasteiger partial charge in [-0.15, -0.1) is 0 Å². The second-order valence-electron chi connectivity index (χ2n) is 6.56. The van der Waals surface area contributed by atoms with Crippen LogP contribution in [0.1, 0.15) is 16.7 Å². The Labute approximate surface area is 167 Å². The summed E-state index contributed by atoms with van der Waals surface area (Å²) in [5.41, 5.74) is 3.64. The number of benzene rings is 3. The molecular weight excluding hydrogens is 374 g/mol. The first-order valence-corrected chi connectivity index (χ1v) is 9.00. The Hall–Kier alpha value is -3.54. The summed E-state index contributed by atoms with van der Waals surface area (Å²) in [6.07, 6.45) is 1.44. The van der Waals surface area contributed by atoms with Crippen LogP contribution in [0.5, 0.6) is 5.75 Å². The number of nitrogens with one attached hydrogen (secondary N) is 1. The summed E-state index contributed by atoms with van der Waals surface area (Å²) in [6, 6.07) is 15.7. The number of carbonyl (C=O) groups excluding carboxylic acids is 1. The molecule has 0 saturated carbocycles. The van der Waals surface area contributed by atoms with Gasteiger partial charge in [-0.3, -0.25) is 9.79 Å². The third-order valence-electron chi connectivity index (χ3n) is 4.28. The Morgan fingerprint density at radius 1 is 1.03 bits per heavy atom. The molecule has 3 rings (SSSR count). The number of rotatable bonds is 6. The topological polar surface area (TPSA) is 50.7 Å². The van der Waals surface area contributed by atoms with Crippen LogP contribution in [0.15, 0.2) is 65.7 Å². The van der Waals surface area contributed by atoms with Crippen LogP contribution in [-0.4, -0.2) is 18.7 Å². The lowest BCUT2D eigenvalue weighted by Crippen LogP contribution is -2.20. The van der Waals surface area contributed by atoms with Crippen molar-refractivity contribution >= 4 is 23.5 Å². The highest BCUT2D eigenvalue weighted by Crippen LogP contribution is 2.19. The maximum atomic E-state index is 13.6. The van der Waals surface area contributed by atoms with E-state index in [1.165, 1.54) is 12.3 Å². The number of nitrogens with zero attached hydrogens (tertiary/aromatic N) is 1. The van der Waals surface area contributed by atoms with Crippen LogP contribution >= 0.6 is 0 Å². The fraction of sp³-hybridized carbons (Fsp3) is 0.130. The number of anilines is 1. The number of amides is 1. The van der Waals surface area contributed by atoms with Gasteiger partial charge in [0.05, 0.1) is 5.69 Å². The van der Waals surface area contributed by atoms with Gasteiger partial charge in [0.25, 0.3) is 5.91 Å². The van der Waals surface area contributed by atoms with E-state index in [1.54, 1.807) is 24.3 Å². The number of hydrogen-bond donors (Lipinski definition) is 1. The highest BCUT2D eigenvalue weighted by molar-refractivity contribution is 5.92. The lowest BCUT2D eigenvalue weighted by molar-refractivity contribution is -0.118. The molecule has 3 aromatic rings. The molecule has 0 unspecified atom stereocenters.